The number of hydrogen-bond donors (Lipinski definition) is 1. The molecule has 0 saturated carbocycles. The molecule has 2 nitrogen and oxygen atoms in total. The van der Waals surface area contributed by atoms with Crippen molar-refractivity contribution < 1.29 is 9.84 Å². The molecule has 3 rings (SSSR count). The molecule has 0 aliphatic carbocycles. The Morgan fingerprint density at radius 3 is 2.29 bits per heavy atom. The summed E-state index contributed by atoms with van der Waals surface area (Å²) in [6.07, 6.45) is 0. The van der Waals surface area contributed by atoms with Crippen molar-refractivity contribution in [2.24, 2.45) is 0 Å². The quantitative estimate of drug-likeness (QED) is 0.607. The number of benzene rings is 3. The van der Waals surface area contributed by atoms with Gasteiger partial charge in [-0.2, -0.15) is 0 Å². The third-order valence-electron chi connectivity index (χ3n) is 3.19. The average molecular weight is 408 g/mol. The predicted octanol–water partition coefficient (Wildman–Crippen LogP) is 5.65. The van der Waals surface area contributed by atoms with Crippen LogP contribution in [0.5, 0.6) is 11.5 Å². The topological polar surface area (TPSA) is 29.5 Å². The van der Waals surface area contributed by atoms with Gasteiger partial charge in [-0.15, -0.1) is 0 Å². The van der Waals surface area contributed by atoms with Crippen LogP contribution < -0.4 is 4.74 Å². The molecule has 3 aromatic rings. The fourth-order valence-electron chi connectivity index (χ4n) is 2.11. The van der Waals surface area contributed by atoms with Crippen LogP contribution in [-0.2, 0) is 6.61 Å². The van der Waals surface area contributed by atoms with E-state index in [1.54, 1.807) is 6.07 Å². The van der Waals surface area contributed by atoms with E-state index in [1.165, 1.54) is 0 Å². The molecule has 4 heteroatoms. The minimum atomic E-state index is 0.221. The molecule has 3 aromatic carbocycles. The smallest absolute Gasteiger partial charge is 0.134 e. The molecule has 21 heavy (non-hydrogen) atoms. The minimum absolute atomic E-state index is 0.221. The number of halogens is 2. The highest BCUT2D eigenvalue weighted by Gasteiger charge is 2.07. The first kappa shape index (κ1) is 14.4. The molecule has 1 N–H and O–H groups in total. The van der Waals surface area contributed by atoms with Gasteiger partial charge in [0.15, 0.2) is 0 Å². The third-order valence-corrected chi connectivity index (χ3v) is 4.45. The number of phenolic OH excluding ortho intramolecular Hbond substituents is 1. The number of ether oxygens (including phenoxy) is 1. The van der Waals surface area contributed by atoms with E-state index in [9.17, 15) is 5.11 Å². The monoisotopic (exact) mass is 406 g/mol. The Balaban J connectivity index is 1.92. The molecule has 106 valence electrons. The van der Waals surface area contributed by atoms with Gasteiger partial charge >= 0.3 is 0 Å². The van der Waals surface area contributed by atoms with Crippen LogP contribution >= 0.6 is 31.9 Å². The summed E-state index contributed by atoms with van der Waals surface area (Å²) in [4.78, 5) is 0. The fraction of sp³-hybridized carbons (Fsp3) is 0.0588. The summed E-state index contributed by atoms with van der Waals surface area (Å²) >= 11 is 6.86. The lowest BCUT2D eigenvalue weighted by Crippen LogP contribution is -1.95. The van der Waals surface area contributed by atoms with Crippen LogP contribution in [0.3, 0.4) is 0 Å². The van der Waals surface area contributed by atoms with Crippen molar-refractivity contribution in [1.82, 2.24) is 0 Å². The van der Waals surface area contributed by atoms with Crippen molar-refractivity contribution in [3.63, 3.8) is 0 Å². The van der Waals surface area contributed by atoms with Crippen molar-refractivity contribution in [2.75, 3.05) is 0 Å². The van der Waals surface area contributed by atoms with Gasteiger partial charge < -0.3 is 9.84 Å². The zero-order valence-electron chi connectivity index (χ0n) is 11.0. The van der Waals surface area contributed by atoms with Gasteiger partial charge in [0.05, 0.1) is 8.95 Å². The van der Waals surface area contributed by atoms with Crippen LogP contribution in [0, 0.1) is 0 Å². The highest BCUT2D eigenvalue weighted by molar-refractivity contribution is 9.11. The Morgan fingerprint density at radius 1 is 0.857 bits per heavy atom. The van der Waals surface area contributed by atoms with Crippen molar-refractivity contribution in [1.29, 1.82) is 0 Å². The van der Waals surface area contributed by atoms with Gasteiger partial charge in [-0.05, 0) is 72.5 Å². The molecule has 0 unspecified atom stereocenters. The Kier molecular flexibility index (Phi) is 4.17. The van der Waals surface area contributed by atoms with E-state index in [4.69, 9.17) is 4.74 Å². The molecule has 0 spiro atoms. The van der Waals surface area contributed by atoms with Crippen molar-refractivity contribution >= 4 is 42.6 Å². The van der Waals surface area contributed by atoms with Crippen LogP contribution in [-0.4, -0.2) is 5.11 Å². The zero-order valence-corrected chi connectivity index (χ0v) is 14.2. The van der Waals surface area contributed by atoms with Crippen molar-refractivity contribution in [3.05, 3.63) is 69.1 Å². The van der Waals surface area contributed by atoms with Crippen LogP contribution in [0.1, 0.15) is 5.56 Å². The highest BCUT2D eigenvalue weighted by Crippen LogP contribution is 2.35. The number of fused-ring (bicyclic) bond motifs is 1. The van der Waals surface area contributed by atoms with E-state index in [1.807, 2.05) is 48.5 Å². The minimum Gasteiger partial charge on any atom is -0.507 e. The number of hydrogen-bond acceptors (Lipinski definition) is 2. The van der Waals surface area contributed by atoms with Gasteiger partial charge in [-0.1, -0.05) is 30.3 Å². The Labute approximate surface area is 139 Å². The summed E-state index contributed by atoms with van der Waals surface area (Å²) in [5.74, 6) is 0.979. The number of rotatable bonds is 3. The molecule has 0 aromatic heterocycles. The molecule has 0 bridgehead atoms. The van der Waals surface area contributed by atoms with E-state index in [-0.39, 0.29) is 5.75 Å². The molecule has 0 aliphatic rings. The van der Waals surface area contributed by atoms with Gasteiger partial charge in [0.2, 0.25) is 0 Å². The lowest BCUT2D eigenvalue weighted by Gasteiger charge is -2.10. The second-order valence-corrected chi connectivity index (χ2v) is 6.42. The first-order valence-electron chi connectivity index (χ1n) is 6.42. The maximum Gasteiger partial charge on any atom is 0.134 e. The Morgan fingerprint density at radius 2 is 1.52 bits per heavy atom. The maximum atomic E-state index is 9.79. The normalized spacial score (nSPS) is 10.8. The summed E-state index contributed by atoms with van der Waals surface area (Å²) in [6.45, 7) is 0.507. The molecule has 0 atom stereocenters. The number of phenols is 1. The maximum absolute atomic E-state index is 9.79. The number of aromatic hydroxyl groups is 1. The standard InChI is InChI=1S/C17H12Br2O2/c18-14-6-12-7-15(19)17(9-13(12)8-16(14)20)21-10-11-4-2-1-3-5-11/h1-9,20H,10H2. The molecule has 0 aliphatic heterocycles. The van der Waals surface area contributed by atoms with E-state index in [0.717, 1.165) is 26.6 Å². The summed E-state index contributed by atoms with van der Waals surface area (Å²) in [5, 5.41) is 11.7. The first-order valence-corrected chi connectivity index (χ1v) is 8.00. The van der Waals surface area contributed by atoms with Gasteiger partial charge in [-0.25, -0.2) is 0 Å². The van der Waals surface area contributed by atoms with Gasteiger partial charge in [0.1, 0.15) is 18.1 Å². The van der Waals surface area contributed by atoms with E-state index >= 15 is 0 Å². The summed E-state index contributed by atoms with van der Waals surface area (Å²) in [5.41, 5.74) is 1.11. The summed E-state index contributed by atoms with van der Waals surface area (Å²) in [6, 6.07) is 17.5. The van der Waals surface area contributed by atoms with Crippen LogP contribution in [0.25, 0.3) is 10.8 Å². The predicted molar refractivity (Wildman–Crippen MR) is 91.8 cm³/mol. The SMILES string of the molecule is Oc1cc2cc(OCc3ccccc3)c(Br)cc2cc1Br. The molecule has 0 saturated heterocycles. The second kappa shape index (κ2) is 6.08. The first-order chi connectivity index (χ1) is 10.1. The molecule has 0 fully saturated rings. The summed E-state index contributed by atoms with van der Waals surface area (Å²) in [7, 11) is 0. The van der Waals surface area contributed by atoms with E-state index in [2.05, 4.69) is 31.9 Å². The van der Waals surface area contributed by atoms with E-state index in [0.29, 0.717) is 11.1 Å². The van der Waals surface area contributed by atoms with Gasteiger partial charge in [-0.3, -0.25) is 0 Å². The van der Waals surface area contributed by atoms with Crippen LogP contribution in [0.15, 0.2) is 63.5 Å². The van der Waals surface area contributed by atoms with Crippen molar-refractivity contribution in [2.45, 2.75) is 6.61 Å². The third kappa shape index (κ3) is 3.22. The fourth-order valence-corrected chi connectivity index (χ4v) is 2.94. The second-order valence-electron chi connectivity index (χ2n) is 4.71. The largest absolute Gasteiger partial charge is 0.507 e. The van der Waals surface area contributed by atoms with Crippen LogP contribution in [0.2, 0.25) is 0 Å². The molecular formula is C17H12Br2O2. The van der Waals surface area contributed by atoms with Crippen molar-refractivity contribution in [3.8, 4) is 11.5 Å². The Bertz CT molecular complexity index is 786. The highest BCUT2D eigenvalue weighted by atomic mass is 79.9. The van der Waals surface area contributed by atoms with Crippen LogP contribution in [0.4, 0.5) is 0 Å². The Hall–Kier alpha value is -1.52. The van der Waals surface area contributed by atoms with Gasteiger partial charge in [0.25, 0.3) is 0 Å². The average Bonchev–Trinajstić information content (AvgIpc) is 2.48. The molecule has 0 heterocycles. The lowest BCUT2D eigenvalue weighted by atomic mass is 10.1. The molecule has 0 amide bonds. The summed E-state index contributed by atoms with van der Waals surface area (Å²) < 4.78 is 7.43. The molecule has 0 radical (unpaired) electrons. The lowest BCUT2D eigenvalue weighted by molar-refractivity contribution is 0.304. The zero-order chi connectivity index (χ0) is 14.8. The van der Waals surface area contributed by atoms with E-state index < -0.39 is 0 Å². The van der Waals surface area contributed by atoms with Gasteiger partial charge in [0, 0.05) is 0 Å². The molecular weight excluding hydrogens is 396 g/mol.